The van der Waals surface area contributed by atoms with Gasteiger partial charge in [-0.05, 0) is 30.5 Å². The van der Waals surface area contributed by atoms with Gasteiger partial charge in [0.2, 0.25) is 0 Å². The van der Waals surface area contributed by atoms with Crippen molar-refractivity contribution in [3.63, 3.8) is 0 Å². The quantitative estimate of drug-likeness (QED) is 0.592. The molecule has 0 aliphatic carbocycles. The first kappa shape index (κ1) is 19.4. The van der Waals surface area contributed by atoms with E-state index in [0.717, 1.165) is 0 Å². The largest absolute Gasteiger partial charge is 0.511 e. The number of hydrogen-bond acceptors (Lipinski definition) is 6. The van der Waals surface area contributed by atoms with Crippen LogP contribution in [0.25, 0.3) is 0 Å². The van der Waals surface area contributed by atoms with E-state index in [2.05, 4.69) is 5.32 Å². The van der Waals surface area contributed by atoms with Gasteiger partial charge in [-0.1, -0.05) is 0 Å². The van der Waals surface area contributed by atoms with E-state index in [9.17, 15) is 31.7 Å². The molecular formula is C13H16F3N3O5S. The number of halogens is 3. The zero-order valence-electron chi connectivity index (χ0n) is 12.9. The number of alkyl halides is 3. The molecule has 0 saturated carbocycles. The zero-order chi connectivity index (χ0) is 18.8. The molecule has 0 aromatic heterocycles. The molecule has 1 heterocycles. The van der Waals surface area contributed by atoms with Gasteiger partial charge in [0.25, 0.3) is 5.69 Å². The third-order valence-electron chi connectivity index (χ3n) is 3.89. The van der Waals surface area contributed by atoms with E-state index in [1.807, 2.05) is 0 Å². The molecule has 1 aromatic rings. The van der Waals surface area contributed by atoms with Crippen LogP contribution < -0.4 is 5.32 Å². The summed E-state index contributed by atoms with van der Waals surface area (Å²) in [6.07, 6.45) is 0.131. The fraction of sp³-hybridized carbons (Fsp3) is 0.538. The molecule has 1 saturated heterocycles. The van der Waals surface area contributed by atoms with Gasteiger partial charge in [-0.3, -0.25) is 10.1 Å². The summed E-state index contributed by atoms with van der Waals surface area (Å²) in [6, 6.07) is 3.57. The molecule has 0 bridgehead atoms. The maximum Gasteiger partial charge on any atom is 0.511 e. The van der Waals surface area contributed by atoms with E-state index in [1.54, 1.807) is 0 Å². The molecule has 1 fully saturated rings. The lowest BCUT2D eigenvalue weighted by molar-refractivity contribution is -0.384. The Balaban J connectivity index is 2.09. The molecule has 140 valence electrons. The van der Waals surface area contributed by atoms with Crippen molar-refractivity contribution >= 4 is 21.4 Å². The van der Waals surface area contributed by atoms with Gasteiger partial charge in [0.1, 0.15) is 5.69 Å². The molecule has 2 N–H and O–H groups in total. The molecule has 12 heteroatoms. The number of piperidine rings is 1. The van der Waals surface area contributed by atoms with E-state index in [1.165, 1.54) is 18.2 Å². The Bertz CT molecular complexity index is 746. The van der Waals surface area contributed by atoms with Gasteiger partial charge in [-0.15, -0.1) is 0 Å². The van der Waals surface area contributed by atoms with Gasteiger partial charge in [0.15, 0.2) is 0 Å². The fourth-order valence-corrected chi connectivity index (χ4v) is 3.55. The van der Waals surface area contributed by atoms with Crippen molar-refractivity contribution in [3.05, 3.63) is 33.9 Å². The van der Waals surface area contributed by atoms with Crippen molar-refractivity contribution in [3.8, 4) is 0 Å². The lowest BCUT2D eigenvalue weighted by Crippen LogP contribution is -2.47. The lowest BCUT2D eigenvalue weighted by atomic mass is 10.1. The van der Waals surface area contributed by atoms with Crippen LogP contribution in [0.5, 0.6) is 0 Å². The summed E-state index contributed by atoms with van der Waals surface area (Å²) in [5.41, 5.74) is -5.01. The highest BCUT2D eigenvalue weighted by Gasteiger charge is 2.50. The standard InChI is InChI=1S/C13H16F3N3O5S/c14-13(15,16)25(23,24)18-5-3-10(4-6-18)17-11-7-9(8-20)1-2-12(11)19(21)22/h1-2,7,10,17,20H,3-6,8H2. The molecule has 8 nitrogen and oxygen atoms in total. The highest BCUT2D eigenvalue weighted by atomic mass is 32.2. The Morgan fingerprint density at radius 1 is 1.32 bits per heavy atom. The summed E-state index contributed by atoms with van der Waals surface area (Å²) in [5, 5.41) is 23.0. The second-order valence-electron chi connectivity index (χ2n) is 5.54. The van der Waals surface area contributed by atoms with Crippen molar-refractivity contribution in [1.29, 1.82) is 0 Å². The Morgan fingerprint density at radius 2 is 1.92 bits per heavy atom. The average Bonchev–Trinajstić information content (AvgIpc) is 2.54. The minimum Gasteiger partial charge on any atom is -0.392 e. The first-order valence-electron chi connectivity index (χ1n) is 7.27. The summed E-state index contributed by atoms with van der Waals surface area (Å²) < 4.78 is 60.7. The van der Waals surface area contributed by atoms with Gasteiger partial charge >= 0.3 is 15.5 Å². The van der Waals surface area contributed by atoms with E-state index in [-0.39, 0.29) is 43.9 Å². The van der Waals surface area contributed by atoms with E-state index in [0.29, 0.717) is 9.87 Å². The number of benzene rings is 1. The number of hydrogen-bond donors (Lipinski definition) is 2. The molecule has 1 aromatic carbocycles. The molecule has 25 heavy (non-hydrogen) atoms. The maximum atomic E-state index is 12.5. The highest BCUT2D eigenvalue weighted by Crippen LogP contribution is 2.31. The first-order chi connectivity index (χ1) is 11.6. The smallest absolute Gasteiger partial charge is 0.392 e. The SMILES string of the molecule is O=[N+]([O-])c1ccc(CO)cc1NC1CCN(S(=O)(=O)C(F)(F)F)CC1. The first-order valence-corrected chi connectivity index (χ1v) is 8.71. The van der Waals surface area contributed by atoms with Gasteiger partial charge in [-0.25, -0.2) is 8.42 Å². The second-order valence-corrected chi connectivity index (χ2v) is 7.46. The van der Waals surface area contributed by atoms with Gasteiger partial charge in [0.05, 0.1) is 11.5 Å². The summed E-state index contributed by atoms with van der Waals surface area (Å²) in [4.78, 5) is 10.4. The number of nitro benzene ring substituents is 1. The molecule has 0 amide bonds. The van der Waals surface area contributed by atoms with Gasteiger partial charge in [0, 0.05) is 25.2 Å². The average molecular weight is 383 g/mol. The van der Waals surface area contributed by atoms with Crippen LogP contribution in [-0.2, 0) is 16.6 Å². The molecule has 1 aliphatic heterocycles. The van der Waals surface area contributed by atoms with Crippen LogP contribution in [0.4, 0.5) is 24.5 Å². The fourth-order valence-electron chi connectivity index (χ4n) is 2.56. The molecule has 2 rings (SSSR count). The molecule has 0 spiro atoms. The number of rotatable bonds is 5. The predicted molar refractivity (Wildman–Crippen MR) is 82.2 cm³/mol. The van der Waals surface area contributed by atoms with Crippen LogP contribution in [0.2, 0.25) is 0 Å². The van der Waals surface area contributed by atoms with Crippen LogP contribution in [-0.4, -0.2) is 47.4 Å². The van der Waals surface area contributed by atoms with Gasteiger partial charge in [-0.2, -0.15) is 17.5 Å². The van der Waals surface area contributed by atoms with E-state index >= 15 is 0 Å². The lowest BCUT2D eigenvalue weighted by Gasteiger charge is -2.32. The van der Waals surface area contributed by atoms with Crippen molar-refractivity contribution < 1.29 is 31.6 Å². The van der Waals surface area contributed by atoms with Crippen LogP contribution in [0, 0.1) is 10.1 Å². The van der Waals surface area contributed by atoms with Crippen molar-refractivity contribution in [2.75, 3.05) is 18.4 Å². The van der Waals surface area contributed by atoms with Gasteiger partial charge < -0.3 is 10.4 Å². The Kier molecular flexibility index (Phi) is 5.54. The monoisotopic (exact) mass is 383 g/mol. The van der Waals surface area contributed by atoms with E-state index in [4.69, 9.17) is 5.11 Å². The zero-order valence-corrected chi connectivity index (χ0v) is 13.7. The third-order valence-corrected chi connectivity index (χ3v) is 5.52. The Morgan fingerprint density at radius 3 is 2.40 bits per heavy atom. The number of aliphatic hydroxyl groups excluding tert-OH is 1. The van der Waals surface area contributed by atoms with Crippen LogP contribution in [0.1, 0.15) is 18.4 Å². The minimum absolute atomic E-state index is 0.0653. The van der Waals surface area contributed by atoms with Crippen LogP contribution >= 0.6 is 0 Å². The van der Waals surface area contributed by atoms with Crippen LogP contribution in [0.15, 0.2) is 18.2 Å². The maximum absolute atomic E-state index is 12.5. The number of sulfonamides is 1. The number of nitrogens with one attached hydrogen (secondary N) is 1. The molecule has 0 unspecified atom stereocenters. The topological polar surface area (TPSA) is 113 Å². The molecule has 0 radical (unpaired) electrons. The highest BCUT2D eigenvalue weighted by molar-refractivity contribution is 7.90. The van der Waals surface area contributed by atoms with Crippen molar-refractivity contribution in [2.24, 2.45) is 0 Å². The number of anilines is 1. The normalized spacial score (nSPS) is 17.4. The van der Waals surface area contributed by atoms with E-state index < -0.39 is 26.5 Å². The van der Waals surface area contributed by atoms with Crippen molar-refractivity contribution in [2.45, 2.75) is 31.0 Å². The summed E-state index contributed by atoms with van der Waals surface area (Å²) in [7, 11) is -5.36. The Hall–Kier alpha value is -1.92. The molecule has 0 atom stereocenters. The summed E-state index contributed by atoms with van der Waals surface area (Å²) in [5.74, 6) is 0. The number of nitro groups is 1. The molecule has 1 aliphatic rings. The Labute approximate surface area is 141 Å². The van der Waals surface area contributed by atoms with Crippen LogP contribution in [0.3, 0.4) is 0 Å². The molecular weight excluding hydrogens is 367 g/mol. The summed E-state index contributed by atoms with van der Waals surface area (Å²) in [6.45, 7) is -1.01. The van der Waals surface area contributed by atoms with Crippen molar-refractivity contribution in [1.82, 2.24) is 4.31 Å². The number of aliphatic hydroxyl groups is 1. The predicted octanol–water partition coefficient (Wildman–Crippen LogP) is 1.81. The second kappa shape index (κ2) is 7.14. The summed E-state index contributed by atoms with van der Waals surface area (Å²) >= 11 is 0. The number of nitrogens with zero attached hydrogens (tertiary/aromatic N) is 2. The minimum atomic E-state index is -5.36. The third kappa shape index (κ3) is 4.19.